The van der Waals surface area contributed by atoms with Crippen LogP contribution in [0.2, 0.25) is 0 Å². The van der Waals surface area contributed by atoms with Crippen molar-refractivity contribution in [1.82, 2.24) is 0 Å². The summed E-state index contributed by atoms with van der Waals surface area (Å²) >= 11 is 0. The molecule has 0 N–H and O–H groups in total. The standard InChI is InChI=1S/C8H14O2/c1-3-5-8-9-6-7(4-2)10-8/h6,8H,3-5H2,1-2H3. The summed E-state index contributed by atoms with van der Waals surface area (Å²) in [4.78, 5) is 0. The molecule has 58 valence electrons. The Morgan fingerprint density at radius 3 is 2.80 bits per heavy atom. The molecule has 0 fully saturated rings. The van der Waals surface area contributed by atoms with Crippen molar-refractivity contribution >= 4 is 0 Å². The fourth-order valence-corrected chi connectivity index (χ4v) is 0.906. The second kappa shape index (κ2) is 3.49. The lowest BCUT2D eigenvalue weighted by molar-refractivity contribution is -0.0381. The zero-order chi connectivity index (χ0) is 7.40. The monoisotopic (exact) mass is 142 g/mol. The van der Waals surface area contributed by atoms with Crippen LogP contribution in [0.15, 0.2) is 12.0 Å². The molecular weight excluding hydrogens is 128 g/mol. The van der Waals surface area contributed by atoms with Crippen LogP contribution in [0.25, 0.3) is 0 Å². The predicted octanol–water partition coefficient (Wildman–Crippen LogP) is 2.41. The molecule has 0 saturated carbocycles. The first-order valence-corrected chi connectivity index (χ1v) is 3.88. The Morgan fingerprint density at radius 2 is 2.30 bits per heavy atom. The van der Waals surface area contributed by atoms with Crippen LogP contribution in [0.5, 0.6) is 0 Å². The topological polar surface area (TPSA) is 18.5 Å². The number of allylic oxidation sites excluding steroid dienone is 1. The van der Waals surface area contributed by atoms with Gasteiger partial charge in [-0.05, 0) is 6.42 Å². The third-order valence-electron chi connectivity index (χ3n) is 1.51. The number of hydrogen-bond acceptors (Lipinski definition) is 2. The molecule has 0 radical (unpaired) electrons. The van der Waals surface area contributed by atoms with E-state index < -0.39 is 0 Å². The van der Waals surface area contributed by atoms with Gasteiger partial charge in [-0.2, -0.15) is 0 Å². The minimum absolute atomic E-state index is 0.0000463. The van der Waals surface area contributed by atoms with Gasteiger partial charge in [0, 0.05) is 12.8 Å². The molecule has 1 aliphatic heterocycles. The number of ether oxygens (including phenoxy) is 2. The van der Waals surface area contributed by atoms with Crippen molar-refractivity contribution in [2.24, 2.45) is 0 Å². The normalized spacial score (nSPS) is 23.4. The lowest BCUT2D eigenvalue weighted by Crippen LogP contribution is -2.06. The molecule has 0 spiro atoms. The van der Waals surface area contributed by atoms with Crippen LogP contribution in [-0.2, 0) is 9.47 Å². The summed E-state index contributed by atoms with van der Waals surface area (Å²) in [5.41, 5.74) is 0. The highest BCUT2D eigenvalue weighted by atomic mass is 16.7. The molecule has 2 nitrogen and oxygen atoms in total. The molecule has 0 aromatic heterocycles. The molecule has 1 rings (SSSR count). The molecule has 0 saturated heterocycles. The minimum Gasteiger partial charge on any atom is -0.459 e. The Labute approximate surface area is 61.8 Å². The summed E-state index contributed by atoms with van der Waals surface area (Å²) in [5.74, 6) is 0.971. The van der Waals surface area contributed by atoms with E-state index in [4.69, 9.17) is 9.47 Å². The summed E-state index contributed by atoms with van der Waals surface area (Å²) in [6.07, 6.45) is 4.75. The van der Waals surface area contributed by atoms with Crippen LogP contribution < -0.4 is 0 Å². The van der Waals surface area contributed by atoms with Crippen molar-refractivity contribution in [3.63, 3.8) is 0 Å². The zero-order valence-corrected chi connectivity index (χ0v) is 6.59. The maximum atomic E-state index is 5.39. The minimum atomic E-state index is -0.0000463. The highest BCUT2D eigenvalue weighted by molar-refractivity contribution is 4.90. The van der Waals surface area contributed by atoms with E-state index in [0.717, 1.165) is 25.0 Å². The van der Waals surface area contributed by atoms with E-state index in [0.29, 0.717) is 0 Å². The smallest absolute Gasteiger partial charge is 0.240 e. The van der Waals surface area contributed by atoms with Gasteiger partial charge in [-0.3, -0.25) is 0 Å². The van der Waals surface area contributed by atoms with Crippen molar-refractivity contribution in [3.8, 4) is 0 Å². The van der Waals surface area contributed by atoms with Gasteiger partial charge in [-0.15, -0.1) is 0 Å². The predicted molar refractivity (Wildman–Crippen MR) is 39.2 cm³/mol. The first-order chi connectivity index (χ1) is 4.86. The van der Waals surface area contributed by atoms with Crippen LogP contribution >= 0.6 is 0 Å². The Balaban J connectivity index is 2.22. The molecule has 0 aliphatic carbocycles. The van der Waals surface area contributed by atoms with E-state index in [1.807, 2.05) is 0 Å². The molecule has 1 aliphatic rings. The lowest BCUT2D eigenvalue weighted by Gasteiger charge is -2.08. The average molecular weight is 142 g/mol. The molecule has 1 heterocycles. The van der Waals surface area contributed by atoms with Crippen molar-refractivity contribution < 1.29 is 9.47 Å². The maximum Gasteiger partial charge on any atom is 0.240 e. The molecule has 10 heavy (non-hydrogen) atoms. The fourth-order valence-electron chi connectivity index (χ4n) is 0.906. The van der Waals surface area contributed by atoms with E-state index in [1.165, 1.54) is 0 Å². The van der Waals surface area contributed by atoms with Crippen molar-refractivity contribution in [2.45, 2.75) is 39.4 Å². The quantitative estimate of drug-likeness (QED) is 0.602. The summed E-state index contributed by atoms with van der Waals surface area (Å²) < 4.78 is 10.6. The Kier molecular flexibility index (Phi) is 2.60. The molecule has 1 atom stereocenters. The summed E-state index contributed by atoms with van der Waals surface area (Å²) in [7, 11) is 0. The van der Waals surface area contributed by atoms with Gasteiger partial charge in [0.15, 0.2) is 0 Å². The Bertz CT molecular complexity index is 129. The Hall–Kier alpha value is -0.660. The van der Waals surface area contributed by atoms with Crippen LogP contribution in [0, 0.1) is 0 Å². The molecule has 0 bridgehead atoms. The lowest BCUT2D eigenvalue weighted by atomic mass is 10.3. The van der Waals surface area contributed by atoms with Gasteiger partial charge in [0.2, 0.25) is 6.29 Å². The van der Waals surface area contributed by atoms with Crippen molar-refractivity contribution in [2.75, 3.05) is 0 Å². The van der Waals surface area contributed by atoms with Crippen LogP contribution in [0.4, 0.5) is 0 Å². The van der Waals surface area contributed by atoms with Gasteiger partial charge in [-0.25, -0.2) is 0 Å². The molecule has 0 aromatic carbocycles. The zero-order valence-electron chi connectivity index (χ0n) is 6.59. The molecule has 1 unspecified atom stereocenters. The second-order valence-corrected chi connectivity index (χ2v) is 2.41. The van der Waals surface area contributed by atoms with Crippen LogP contribution in [-0.4, -0.2) is 6.29 Å². The molecule has 0 aromatic rings. The third kappa shape index (κ3) is 1.66. The van der Waals surface area contributed by atoms with Gasteiger partial charge in [0.05, 0.1) is 0 Å². The maximum absolute atomic E-state index is 5.39. The van der Waals surface area contributed by atoms with Gasteiger partial charge < -0.3 is 9.47 Å². The fraction of sp³-hybridized carbons (Fsp3) is 0.750. The summed E-state index contributed by atoms with van der Waals surface area (Å²) in [5, 5.41) is 0. The van der Waals surface area contributed by atoms with E-state index in [1.54, 1.807) is 6.26 Å². The average Bonchev–Trinajstić information content (AvgIpc) is 2.37. The van der Waals surface area contributed by atoms with Gasteiger partial charge in [0.25, 0.3) is 0 Å². The highest BCUT2D eigenvalue weighted by Gasteiger charge is 2.15. The number of rotatable bonds is 3. The third-order valence-corrected chi connectivity index (χ3v) is 1.51. The van der Waals surface area contributed by atoms with Crippen molar-refractivity contribution in [1.29, 1.82) is 0 Å². The SMILES string of the molecule is CCCC1OC=C(CC)O1. The van der Waals surface area contributed by atoms with Crippen LogP contribution in [0.1, 0.15) is 33.1 Å². The van der Waals surface area contributed by atoms with Crippen LogP contribution in [0.3, 0.4) is 0 Å². The highest BCUT2D eigenvalue weighted by Crippen LogP contribution is 2.19. The van der Waals surface area contributed by atoms with E-state index >= 15 is 0 Å². The van der Waals surface area contributed by atoms with Crippen molar-refractivity contribution in [3.05, 3.63) is 12.0 Å². The first kappa shape index (κ1) is 7.45. The van der Waals surface area contributed by atoms with E-state index in [2.05, 4.69) is 13.8 Å². The van der Waals surface area contributed by atoms with Gasteiger partial charge >= 0.3 is 0 Å². The number of hydrogen-bond donors (Lipinski definition) is 0. The molecule has 0 amide bonds. The first-order valence-electron chi connectivity index (χ1n) is 3.88. The van der Waals surface area contributed by atoms with Gasteiger partial charge in [-0.1, -0.05) is 13.8 Å². The summed E-state index contributed by atoms with van der Waals surface area (Å²) in [6.45, 7) is 4.18. The van der Waals surface area contributed by atoms with E-state index in [9.17, 15) is 0 Å². The Morgan fingerprint density at radius 1 is 1.50 bits per heavy atom. The van der Waals surface area contributed by atoms with Gasteiger partial charge in [0.1, 0.15) is 12.0 Å². The second-order valence-electron chi connectivity index (χ2n) is 2.41. The van der Waals surface area contributed by atoms with E-state index in [-0.39, 0.29) is 6.29 Å². The molecular formula is C8H14O2. The molecule has 2 heteroatoms. The largest absolute Gasteiger partial charge is 0.459 e. The summed E-state index contributed by atoms with van der Waals surface area (Å²) in [6, 6.07) is 0.